The Hall–Kier alpha value is -2.76. The van der Waals surface area contributed by atoms with Crippen molar-refractivity contribution in [2.45, 2.75) is 0 Å². The molecule has 0 radical (unpaired) electrons. The fraction of sp³-hybridized carbons (Fsp3) is 0.190. The topological polar surface area (TPSA) is 50.3 Å². The maximum absolute atomic E-state index is 12.8. The molecule has 0 unspecified atom stereocenters. The highest BCUT2D eigenvalue weighted by atomic mass is 35.5. The first-order valence-corrected chi connectivity index (χ1v) is 9.20. The highest BCUT2D eigenvalue weighted by Gasteiger charge is 2.10. The van der Waals surface area contributed by atoms with E-state index in [4.69, 9.17) is 16.3 Å². The van der Waals surface area contributed by atoms with Crippen molar-refractivity contribution >= 4 is 29.9 Å². The van der Waals surface area contributed by atoms with Crippen LogP contribution in [0.1, 0.15) is 5.56 Å². The van der Waals surface area contributed by atoms with E-state index in [-0.39, 0.29) is 5.56 Å². The predicted octanol–water partition coefficient (Wildman–Crippen LogP) is 1.89. The van der Waals surface area contributed by atoms with Crippen LogP contribution in [0.2, 0.25) is 5.02 Å². The quantitative estimate of drug-likeness (QED) is 0.753. The zero-order chi connectivity index (χ0) is 18.8. The van der Waals surface area contributed by atoms with E-state index in [1.807, 2.05) is 18.2 Å². The Labute approximate surface area is 161 Å². The Morgan fingerprint density at radius 1 is 1.00 bits per heavy atom. The summed E-state index contributed by atoms with van der Waals surface area (Å²) in [5.41, 5.74) is 2.70. The first kappa shape index (κ1) is 17.6. The Bertz CT molecular complexity index is 1090. The van der Waals surface area contributed by atoms with Crippen molar-refractivity contribution in [2.75, 3.05) is 31.2 Å². The lowest BCUT2D eigenvalue weighted by Crippen LogP contribution is -2.36. The number of halogens is 1. The summed E-state index contributed by atoms with van der Waals surface area (Å²) in [6.45, 7) is 7.29. The van der Waals surface area contributed by atoms with Gasteiger partial charge in [-0.3, -0.25) is 9.89 Å². The number of hydrogen-bond donors (Lipinski definition) is 1. The number of nitrogens with one attached hydrogen (secondary N) is 1. The third-order valence-corrected chi connectivity index (χ3v) is 4.92. The van der Waals surface area contributed by atoms with Crippen LogP contribution < -0.4 is 21.0 Å². The normalized spacial score (nSPS) is 15.3. The lowest BCUT2D eigenvalue weighted by Gasteiger charge is -2.28. The second-order valence-electron chi connectivity index (χ2n) is 6.46. The van der Waals surface area contributed by atoms with E-state index < -0.39 is 0 Å². The van der Waals surface area contributed by atoms with Gasteiger partial charge < -0.3 is 9.64 Å². The van der Waals surface area contributed by atoms with Gasteiger partial charge in [-0.15, -0.1) is 0 Å². The minimum atomic E-state index is -0.139. The third kappa shape index (κ3) is 3.70. The lowest BCUT2D eigenvalue weighted by atomic mass is 10.1. The SMILES string of the molecule is C=c1[nH]n(-c2ccc(Cl)cc2)c(=O)/c1=C\c1ccc(N2CCOCC2)cc1. The summed E-state index contributed by atoms with van der Waals surface area (Å²) >= 11 is 5.93. The standard InChI is InChI=1S/C21H20ClN3O2/c1-15-20(21(26)25(23-15)19-8-4-17(22)5-9-19)14-16-2-6-18(7-3-16)24-10-12-27-13-11-24/h2-9,14,23H,1,10-13H2/b20-14-. The molecule has 1 N–H and O–H groups in total. The van der Waals surface area contributed by atoms with Gasteiger partial charge >= 0.3 is 0 Å². The summed E-state index contributed by atoms with van der Waals surface area (Å²) in [5.74, 6) is 0. The number of rotatable bonds is 3. The lowest BCUT2D eigenvalue weighted by molar-refractivity contribution is 0.122. The van der Waals surface area contributed by atoms with Crippen LogP contribution in [-0.4, -0.2) is 36.1 Å². The maximum Gasteiger partial charge on any atom is 0.279 e. The molecule has 0 bridgehead atoms. The Kier molecular flexibility index (Phi) is 4.88. The molecule has 3 aromatic rings. The van der Waals surface area contributed by atoms with Crippen molar-refractivity contribution in [1.29, 1.82) is 0 Å². The van der Waals surface area contributed by atoms with Gasteiger partial charge in [-0.05, 0) is 48.0 Å². The van der Waals surface area contributed by atoms with Gasteiger partial charge in [0, 0.05) is 23.8 Å². The molecular formula is C21H20ClN3O2. The number of ether oxygens (including phenoxy) is 1. The average Bonchev–Trinajstić information content (AvgIpc) is 2.98. The largest absolute Gasteiger partial charge is 0.378 e. The minimum absolute atomic E-state index is 0.139. The highest BCUT2D eigenvalue weighted by molar-refractivity contribution is 6.30. The van der Waals surface area contributed by atoms with Gasteiger partial charge in [-0.2, -0.15) is 0 Å². The Morgan fingerprint density at radius 2 is 1.63 bits per heavy atom. The van der Waals surface area contributed by atoms with Crippen molar-refractivity contribution < 1.29 is 4.74 Å². The smallest absolute Gasteiger partial charge is 0.279 e. The van der Waals surface area contributed by atoms with Crippen LogP contribution in [-0.2, 0) is 4.74 Å². The summed E-state index contributed by atoms with van der Waals surface area (Å²) in [7, 11) is 0. The molecule has 1 aliphatic heterocycles. The summed E-state index contributed by atoms with van der Waals surface area (Å²) in [5, 5.41) is 4.78. The highest BCUT2D eigenvalue weighted by Crippen LogP contribution is 2.16. The first-order chi connectivity index (χ1) is 13.1. The predicted molar refractivity (Wildman–Crippen MR) is 109 cm³/mol. The monoisotopic (exact) mass is 381 g/mol. The molecule has 138 valence electrons. The fourth-order valence-electron chi connectivity index (χ4n) is 3.19. The maximum atomic E-state index is 12.8. The van der Waals surface area contributed by atoms with Crippen LogP contribution in [0.25, 0.3) is 18.3 Å². The molecule has 0 atom stereocenters. The van der Waals surface area contributed by atoms with Crippen molar-refractivity contribution in [3.8, 4) is 5.69 Å². The summed E-state index contributed by atoms with van der Waals surface area (Å²) in [6, 6.07) is 15.3. The fourth-order valence-corrected chi connectivity index (χ4v) is 3.31. The summed E-state index contributed by atoms with van der Waals surface area (Å²) in [4.78, 5) is 15.1. The third-order valence-electron chi connectivity index (χ3n) is 4.67. The van der Waals surface area contributed by atoms with Crippen LogP contribution in [0, 0.1) is 0 Å². The summed E-state index contributed by atoms with van der Waals surface area (Å²) in [6.07, 6.45) is 1.86. The van der Waals surface area contributed by atoms with E-state index >= 15 is 0 Å². The molecule has 6 heteroatoms. The molecule has 27 heavy (non-hydrogen) atoms. The zero-order valence-electron chi connectivity index (χ0n) is 14.8. The van der Waals surface area contributed by atoms with Crippen LogP contribution >= 0.6 is 11.6 Å². The summed E-state index contributed by atoms with van der Waals surface area (Å²) < 4.78 is 6.87. The number of aromatic nitrogens is 2. The van der Waals surface area contributed by atoms with E-state index in [0.717, 1.165) is 43.2 Å². The number of anilines is 1. The molecule has 2 heterocycles. The molecule has 5 nitrogen and oxygen atoms in total. The van der Waals surface area contributed by atoms with Crippen LogP contribution in [0.5, 0.6) is 0 Å². The van der Waals surface area contributed by atoms with Gasteiger partial charge in [0.1, 0.15) is 0 Å². The van der Waals surface area contributed by atoms with E-state index in [0.29, 0.717) is 15.6 Å². The second kappa shape index (κ2) is 7.47. The van der Waals surface area contributed by atoms with Gasteiger partial charge in [0.05, 0.1) is 29.5 Å². The van der Waals surface area contributed by atoms with Crippen LogP contribution in [0.4, 0.5) is 5.69 Å². The van der Waals surface area contributed by atoms with Gasteiger partial charge in [-0.1, -0.05) is 30.3 Å². The number of nitrogens with zero attached hydrogens (tertiary/aromatic N) is 2. The zero-order valence-corrected chi connectivity index (χ0v) is 15.6. The Morgan fingerprint density at radius 3 is 2.30 bits per heavy atom. The molecule has 1 fully saturated rings. The van der Waals surface area contributed by atoms with Gasteiger partial charge in [0.25, 0.3) is 5.56 Å². The molecular weight excluding hydrogens is 362 g/mol. The molecule has 0 aliphatic carbocycles. The number of aromatic amines is 1. The number of benzene rings is 2. The van der Waals surface area contributed by atoms with E-state index in [9.17, 15) is 4.79 Å². The average molecular weight is 382 g/mol. The molecule has 1 aromatic heterocycles. The van der Waals surface area contributed by atoms with Gasteiger partial charge in [0.15, 0.2) is 0 Å². The van der Waals surface area contributed by atoms with E-state index in [1.165, 1.54) is 4.68 Å². The van der Waals surface area contributed by atoms with E-state index in [2.05, 4.69) is 28.7 Å². The second-order valence-corrected chi connectivity index (χ2v) is 6.89. The number of morpholine rings is 1. The van der Waals surface area contributed by atoms with Crippen LogP contribution in [0.3, 0.4) is 0 Å². The van der Waals surface area contributed by atoms with Gasteiger partial charge in [0.2, 0.25) is 0 Å². The molecule has 0 spiro atoms. The van der Waals surface area contributed by atoms with Crippen molar-refractivity contribution in [3.05, 3.63) is 80.0 Å². The minimum Gasteiger partial charge on any atom is -0.378 e. The number of hydrogen-bond acceptors (Lipinski definition) is 3. The van der Waals surface area contributed by atoms with Gasteiger partial charge in [-0.25, -0.2) is 4.68 Å². The van der Waals surface area contributed by atoms with Crippen molar-refractivity contribution in [2.24, 2.45) is 0 Å². The molecule has 0 saturated carbocycles. The molecule has 0 amide bonds. The van der Waals surface area contributed by atoms with Crippen molar-refractivity contribution in [1.82, 2.24) is 9.78 Å². The molecule has 4 rings (SSSR count). The molecule has 1 saturated heterocycles. The van der Waals surface area contributed by atoms with E-state index in [1.54, 1.807) is 24.3 Å². The Balaban J connectivity index is 1.67. The first-order valence-electron chi connectivity index (χ1n) is 8.82. The molecule has 1 aliphatic rings. The number of H-pyrrole nitrogens is 1. The van der Waals surface area contributed by atoms with Crippen LogP contribution in [0.15, 0.2) is 53.3 Å². The van der Waals surface area contributed by atoms with Crippen molar-refractivity contribution in [3.63, 3.8) is 0 Å². The molecule has 2 aromatic carbocycles.